The van der Waals surface area contributed by atoms with E-state index >= 15 is 0 Å². The van der Waals surface area contributed by atoms with E-state index in [0.717, 1.165) is 6.61 Å². The van der Waals surface area contributed by atoms with E-state index in [2.05, 4.69) is 26.0 Å². The molecule has 2 rings (SSSR count). The smallest absolute Gasteiger partial charge is 0.0708 e. The van der Waals surface area contributed by atoms with E-state index in [1.54, 1.807) is 0 Å². The summed E-state index contributed by atoms with van der Waals surface area (Å²) in [6.45, 7) is 3.42. The molecule has 64 valence electrons. The van der Waals surface area contributed by atoms with Crippen molar-refractivity contribution in [2.45, 2.75) is 31.3 Å². The Kier molecular flexibility index (Phi) is 2.39. The molecule has 0 bridgehead atoms. The van der Waals surface area contributed by atoms with Gasteiger partial charge in [-0.3, -0.25) is 0 Å². The molecule has 1 spiro atoms. The summed E-state index contributed by atoms with van der Waals surface area (Å²) in [5.74, 6) is 0. The molecule has 2 saturated heterocycles. The first-order valence-corrected chi connectivity index (χ1v) is 5.32. The van der Waals surface area contributed by atoms with Gasteiger partial charge in [0, 0.05) is 42.6 Å². The second-order valence-corrected chi connectivity index (χ2v) is 4.91. The molecular formula is C8H14INO. The highest BCUT2D eigenvalue weighted by atomic mass is 127. The Labute approximate surface area is 81.8 Å². The summed E-state index contributed by atoms with van der Waals surface area (Å²) in [7, 11) is 0. The summed E-state index contributed by atoms with van der Waals surface area (Å²) in [5, 5.41) is 0. The number of piperidine rings is 1. The number of rotatable bonds is 0. The molecule has 0 atom stereocenters. The fourth-order valence-corrected chi connectivity index (χ4v) is 2.52. The van der Waals surface area contributed by atoms with Gasteiger partial charge >= 0.3 is 0 Å². The third kappa shape index (κ3) is 1.70. The van der Waals surface area contributed by atoms with Crippen LogP contribution in [0.2, 0.25) is 0 Å². The molecule has 0 saturated carbocycles. The Bertz CT molecular complexity index is 135. The molecule has 0 unspecified atom stereocenters. The number of hydrogen-bond donors (Lipinski definition) is 0. The Morgan fingerprint density at radius 3 is 2.45 bits per heavy atom. The molecule has 2 nitrogen and oxygen atoms in total. The van der Waals surface area contributed by atoms with E-state index in [1.165, 1.54) is 38.8 Å². The van der Waals surface area contributed by atoms with Gasteiger partial charge in [0.25, 0.3) is 0 Å². The van der Waals surface area contributed by atoms with E-state index < -0.39 is 0 Å². The maximum Gasteiger partial charge on any atom is 0.0708 e. The minimum absolute atomic E-state index is 0.307. The fourth-order valence-electron chi connectivity index (χ4n) is 2.04. The molecule has 0 aromatic heterocycles. The molecule has 0 radical (unpaired) electrons. The van der Waals surface area contributed by atoms with Crippen LogP contribution in [0.3, 0.4) is 0 Å². The lowest BCUT2D eigenvalue weighted by atomic mass is 9.90. The molecule has 2 aliphatic heterocycles. The maximum atomic E-state index is 5.80. The van der Waals surface area contributed by atoms with Crippen LogP contribution < -0.4 is 0 Å². The lowest BCUT2D eigenvalue weighted by Gasteiger charge is -2.35. The largest absolute Gasteiger partial charge is 0.375 e. The normalized spacial score (nSPS) is 31.4. The predicted molar refractivity (Wildman–Crippen MR) is 52.7 cm³/mol. The highest BCUT2D eigenvalue weighted by Crippen LogP contribution is 2.36. The zero-order valence-electron chi connectivity index (χ0n) is 6.68. The van der Waals surface area contributed by atoms with Gasteiger partial charge in [0.15, 0.2) is 0 Å². The van der Waals surface area contributed by atoms with Crippen molar-refractivity contribution >= 4 is 22.9 Å². The van der Waals surface area contributed by atoms with E-state index in [0.29, 0.717) is 5.60 Å². The lowest BCUT2D eigenvalue weighted by Crippen LogP contribution is -2.39. The third-order valence-corrected chi connectivity index (χ3v) is 3.77. The van der Waals surface area contributed by atoms with Crippen molar-refractivity contribution in [2.75, 3.05) is 19.7 Å². The van der Waals surface area contributed by atoms with Crippen LogP contribution in [0.25, 0.3) is 0 Å². The standard InChI is InChI=1S/C8H14INO/c9-10-5-3-8(4-6-10)2-1-7-11-8/h1-7H2. The summed E-state index contributed by atoms with van der Waals surface area (Å²) in [5.41, 5.74) is 0.307. The second kappa shape index (κ2) is 3.18. The molecule has 0 aromatic rings. The average Bonchev–Trinajstić information content (AvgIpc) is 2.45. The van der Waals surface area contributed by atoms with Crippen molar-refractivity contribution < 1.29 is 4.74 Å². The summed E-state index contributed by atoms with van der Waals surface area (Å²) >= 11 is 2.40. The van der Waals surface area contributed by atoms with Crippen LogP contribution in [0.15, 0.2) is 0 Å². The van der Waals surface area contributed by atoms with Crippen LogP contribution in [0.4, 0.5) is 0 Å². The number of nitrogens with zero attached hydrogens (tertiary/aromatic N) is 1. The fraction of sp³-hybridized carbons (Fsp3) is 1.00. The van der Waals surface area contributed by atoms with Gasteiger partial charge in [-0.25, -0.2) is 3.11 Å². The molecule has 2 aliphatic rings. The van der Waals surface area contributed by atoms with Crippen molar-refractivity contribution in [3.8, 4) is 0 Å². The Morgan fingerprint density at radius 2 is 1.91 bits per heavy atom. The van der Waals surface area contributed by atoms with Crippen molar-refractivity contribution in [1.82, 2.24) is 3.11 Å². The molecule has 0 aromatic carbocycles. The van der Waals surface area contributed by atoms with Gasteiger partial charge in [-0.1, -0.05) is 0 Å². The van der Waals surface area contributed by atoms with E-state index in [1.807, 2.05) is 0 Å². The molecule has 0 N–H and O–H groups in total. The summed E-state index contributed by atoms with van der Waals surface area (Å²) in [6, 6.07) is 0. The lowest BCUT2D eigenvalue weighted by molar-refractivity contribution is -0.0276. The quantitative estimate of drug-likeness (QED) is 0.491. The van der Waals surface area contributed by atoms with Gasteiger partial charge in [0.2, 0.25) is 0 Å². The second-order valence-electron chi connectivity index (χ2n) is 3.54. The zero-order chi connectivity index (χ0) is 7.73. The van der Waals surface area contributed by atoms with Gasteiger partial charge in [0.1, 0.15) is 0 Å². The summed E-state index contributed by atoms with van der Waals surface area (Å²) in [6.07, 6.45) is 5.07. The van der Waals surface area contributed by atoms with Crippen molar-refractivity contribution in [3.63, 3.8) is 0 Å². The topological polar surface area (TPSA) is 12.5 Å². The molecule has 2 fully saturated rings. The van der Waals surface area contributed by atoms with E-state index in [9.17, 15) is 0 Å². The van der Waals surface area contributed by atoms with Gasteiger partial charge in [-0.15, -0.1) is 0 Å². The number of halogens is 1. The van der Waals surface area contributed by atoms with Crippen LogP contribution in [0.1, 0.15) is 25.7 Å². The predicted octanol–water partition coefficient (Wildman–Crippen LogP) is 1.98. The average molecular weight is 267 g/mol. The maximum absolute atomic E-state index is 5.80. The Balaban J connectivity index is 1.94. The van der Waals surface area contributed by atoms with Crippen LogP contribution in [0.5, 0.6) is 0 Å². The van der Waals surface area contributed by atoms with E-state index in [-0.39, 0.29) is 0 Å². The first-order valence-electron chi connectivity index (χ1n) is 4.35. The molecule has 2 heterocycles. The SMILES string of the molecule is IN1CCC2(CCCO2)CC1. The summed E-state index contributed by atoms with van der Waals surface area (Å²) < 4.78 is 8.17. The molecule has 0 aliphatic carbocycles. The van der Waals surface area contributed by atoms with Gasteiger partial charge in [-0.2, -0.15) is 0 Å². The molecule has 0 amide bonds. The van der Waals surface area contributed by atoms with Crippen molar-refractivity contribution in [1.29, 1.82) is 0 Å². The Morgan fingerprint density at radius 1 is 1.18 bits per heavy atom. The van der Waals surface area contributed by atoms with Gasteiger partial charge in [-0.05, 0) is 25.7 Å². The van der Waals surface area contributed by atoms with Crippen LogP contribution in [0, 0.1) is 0 Å². The van der Waals surface area contributed by atoms with Gasteiger partial charge in [0.05, 0.1) is 5.60 Å². The van der Waals surface area contributed by atoms with Crippen molar-refractivity contribution in [2.24, 2.45) is 0 Å². The molecular weight excluding hydrogens is 253 g/mol. The van der Waals surface area contributed by atoms with Crippen LogP contribution in [-0.4, -0.2) is 28.4 Å². The molecule has 3 heteroatoms. The minimum atomic E-state index is 0.307. The van der Waals surface area contributed by atoms with Crippen molar-refractivity contribution in [3.05, 3.63) is 0 Å². The summed E-state index contributed by atoms with van der Waals surface area (Å²) in [4.78, 5) is 0. The van der Waals surface area contributed by atoms with Crippen LogP contribution in [-0.2, 0) is 4.74 Å². The first-order chi connectivity index (χ1) is 5.31. The monoisotopic (exact) mass is 267 g/mol. The highest BCUT2D eigenvalue weighted by Gasteiger charge is 2.37. The first kappa shape index (κ1) is 8.26. The molecule has 11 heavy (non-hydrogen) atoms. The number of ether oxygens (including phenoxy) is 1. The van der Waals surface area contributed by atoms with E-state index in [4.69, 9.17) is 4.74 Å². The van der Waals surface area contributed by atoms with Crippen LogP contribution >= 0.6 is 22.9 Å². The van der Waals surface area contributed by atoms with Gasteiger partial charge < -0.3 is 4.74 Å². The zero-order valence-corrected chi connectivity index (χ0v) is 8.84. The minimum Gasteiger partial charge on any atom is -0.375 e. The third-order valence-electron chi connectivity index (χ3n) is 2.81. The highest BCUT2D eigenvalue weighted by molar-refractivity contribution is 14.1. The Hall–Kier alpha value is 0.650. The number of hydrogen-bond acceptors (Lipinski definition) is 2.